The third-order valence-electron chi connectivity index (χ3n) is 5.09. The van der Waals surface area contributed by atoms with E-state index < -0.39 is 0 Å². The first-order chi connectivity index (χ1) is 14.5. The van der Waals surface area contributed by atoms with Gasteiger partial charge in [-0.1, -0.05) is 24.3 Å². The Labute approximate surface area is 177 Å². The minimum Gasteiger partial charge on any atom is -0.465 e. The molecule has 0 aliphatic heterocycles. The van der Waals surface area contributed by atoms with Crippen molar-refractivity contribution in [3.63, 3.8) is 0 Å². The topological polar surface area (TPSA) is 41.9 Å². The van der Waals surface area contributed by atoms with Gasteiger partial charge in [-0.25, -0.2) is 0 Å². The van der Waals surface area contributed by atoms with Crippen molar-refractivity contribution in [1.29, 1.82) is 0 Å². The Kier molecular flexibility index (Phi) is 5.57. The third-order valence-corrected chi connectivity index (χ3v) is 5.09. The van der Waals surface area contributed by atoms with Crippen LogP contribution in [0, 0.1) is 13.8 Å². The molecule has 2 aromatic carbocycles. The fourth-order valence-electron chi connectivity index (χ4n) is 3.45. The van der Waals surface area contributed by atoms with E-state index in [1.807, 2.05) is 70.6 Å². The number of hydrogen-bond donors (Lipinski definition) is 0. The molecule has 0 atom stereocenters. The summed E-state index contributed by atoms with van der Waals surface area (Å²) in [5.74, 6) is 3.45. The van der Waals surface area contributed by atoms with Crippen LogP contribution in [0.4, 0.5) is 11.4 Å². The second kappa shape index (κ2) is 8.46. The van der Waals surface area contributed by atoms with Gasteiger partial charge in [-0.05, 0) is 73.5 Å². The van der Waals surface area contributed by atoms with Gasteiger partial charge in [0.05, 0.1) is 5.69 Å². The lowest BCUT2D eigenvalue weighted by atomic mass is 9.94. The van der Waals surface area contributed by atoms with Gasteiger partial charge >= 0.3 is 0 Å². The van der Waals surface area contributed by atoms with Crippen molar-refractivity contribution in [2.45, 2.75) is 19.8 Å². The number of furan rings is 2. The highest BCUT2D eigenvalue weighted by Crippen LogP contribution is 2.34. The summed E-state index contributed by atoms with van der Waals surface area (Å²) in [4.78, 5) is 6.70. The molecule has 4 nitrogen and oxygen atoms in total. The first-order valence-electron chi connectivity index (χ1n) is 10.0. The predicted molar refractivity (Wildman–Crippen MR) is 122 cm³/mol. The summed E-state index contributed by atoms with van der Waals surface area (Å²) < 4.78 is 11.9. The van der Waals surface area contributed by atoms with Crippen molar-refractivity contribution >= 4 is 17.6 Å². The van der Waals surface area contributed by atoms with Crippen LogP contribution in [-0.2, 0) is 0 Å². The normalized spacial score (nSPS) is 11.5. The number of aryl methyl sites for hydroxylation is 2. The van der Waals surface area contributed by atoms with Crippen LogP contribution in [0.3, 0.4) is 0 Å². The van der Waals surface area contributed by atoms with Crippen LogP contribution in [0.25, 0.3) is 0 Å². The zero-order chi connectivity index (χ0) is 21.1. The number of aliphatic imine (C=N–C) groups is 1. The van der Waals surface area contributed by atoms with Crippen molar-refractivity contribution in [2.24, 2.45) is 4.99 Å². The Balaban J connectivity index is 1.57. The van der Waals surface area contributed by atoms with Gasteiger partial charge in [0.15, 0.2) is 0 Å². The molecular formula is C26H26N2O2. The van der Waals surface area contributed by atoms with Crippen LogP contribution in [0.1, 0.15) is 40.1 Å². The largest absolute Gasteiger partial charge is 0.465 e. The van der Waals surface area contributed by atoms with Gasteiger partial charge in [-0.3, -0.25) is 4.99 Å². The summed E-state index contributed by atoms with van der Waals surface area (Å²) in [6.45, 7) is 3.91. The van der Waals surface area contributed by atoms with Crippen molar-refractivity contribution in [3.8, 4) is 0 Å². The highest BCUT2D eigenvalue weighted by molar-refractivity contribution is 5.82. The fraction of sp³-hybridized carbons (Fsp3) is 0.192. The second-order valence-corrected chi connectivity index (χ2v) is 7.67. The van der Waals surface area contributed by atoms with E-state index in [9.17, 15) is 0 Å². The number of hydrogen-bond acceptors (Lipinski definition) is 4. The van der Waals surface area contributed by atoms with Gasteiger partial charge < -0.3 is 13.7 Å². The smallest absolute Gasteiger partial charge is 0.119 e. The molecule has 0 saturated carbocycles. The zero-order valence-corrected chi connectivity index (χ0v) is 17.8. The van der Waals surface area contributed by atoms with Gasteiger partial charge in [0.2, 0.25) is 0 Å². The average molecular weight is 399 g/mol. The summed E-state index contributed by atoms with van der Waals surface area (Å²) in [7, 11) is 4.07. The molecule has 4 aromatic rings. The Morgan fingerprint density at radius 2 is 1.30 bits per heavy atom. The number of rotatable bonds is 6. The highest BCUT2D eigenvalue weighted by atomic mass is 16.4. The first-order valence-corrected chi connectivity index (χ1v) is 10.0. The Morgan fingerprint density at radius 1 is 0.733 bits per heavy atom. The molecule has 0 saturated heterocycles. The van der Waals surface area contributed by atoms with E-state index in [-0.39, 0.29) is 5.92 Å². The summed E-state index contributed by atoms with van der Waals surface area (Å²) in [5, 5.41) is 0. The Morgan fingerprint density at radius 3 is 1.77 bits per heavy atom. The minimum absolute atomic E-state index is 0.0796. The molecule has 4 heteroatoms. The first kappa shape index (κ1) is 19.8. The van der Waals surface area contributed by atoms with Crippen molar-refractivity contribution < 1.29 is 8.83 Å². The minimum atomic E-state index is -0.0796. The van der Waals surface area contributed by atoms with E-state index in [1.165, 1.54) is 5.69 Å². The molecule has 0 bridgehead atoms. The molecule has 0 amide bonds. The van der Waals surface area contributed by atoms with Crippen molar-refractivity contribution in [2.75, 3.05) is 19.0 Å². The maximum Gasteiger partial charge on any atom is 0.119 e. The summed E-state index contributed by atoms with van der Waals surface area (Å²) >= 11 is 0. The number of anilines is 1. The molecule has 152 valence electrons. The van der Waals surface area contributed by atoms with E-state index in [2.05, 4.69) is 46.3 Å². The van der Waals surface area contributed by atoms with Crippen LogP contribution >= 0.6 is 0 Å². The number of benzene rings is 2. The molecule has 0 N–H and O–H groups in total. The van der Waals surface area contributed by atoms with E-state index >= 15 is 0 Å². The van der Waals surface area contributed by atoms with Crippen molar-refractivity contribution in [1.82, 2.24) is 0 Å². The van der Waals surface area contributed by atoms with Gasteiger partial charge in [0.25, 0.3) is 0 Å². The van der Waals surface area contributed by atoms with E-state index in [0.717, 1.165) is 39.9 Å². The lowest BCUT2D eigenvalue weighted by molar-refractivity contribution is 0.428. The molecule has 2 heterocycles. The monoisotopic (exact) mass is 398 g/mol. The molecular weight excluding hydrogens is 372 g/mol. The van der Waals surface area contributed by atoms with Crippen LogP contribution in [0.5, 0.6) is 0 Å². The maximum atomic E-state index is 5.93. The summed E-state index contributed by atoms with van der Waals surface area (Å²) in [6, 6.07) is 24.5. The molecule has 0 spiro atoms. The standard InChI is InChI=1S/C26H26N2O2/c1-18-5-15-24(29-18)26(25-16-6-19(2)30-25)21-9-11-22(12-10-21)27-17-20-7-13-23(14-8-20)28(3)4/h5-17,26H,1-4H3. The van der Waals surface area contributed by atoms with Gasteiger partial charge in [0, 0.05) is 26.0 Å². The Hall–Kier alpha value is -3.53. The van der Waals surface area contributed by atoms with Crippen LogP contribution in [0.15, 0.2) is 86.6 Å². The molecule has 0 radical (unpaired) electrons. The molecule has 2 aromatic heterocycles. The molecule has 0 unspecified atom stereocenters. The quantitative estimate of drug-likeness (QED) is 0.349. The van der Waals surface area contributed by atoms with Crippen LogP contribution in [-0.4, -0.2) is 20.3 Å². The molecule has 0 aliphatic carbocycles. The summed E-state index contributed by atoms with van der Waals surface area (Å²) in [5.41, 5.74) is 4.25. The molecule has 4 rings (SSSR count). The second-order valence-electron chi connectivity index (χ2n) is 7.67. The lowest BCUT2D eigenvalue weighted by Crippen LogP contribution is -2.08. The third kappa shape index (κ3) is 4.38. The van der Waals surface area contributed by atoms with E-state index in [0.29, 0.717) is 0 Å². The maximum absolute atomic E-state index is 5.93. The van der Waals surface area contributed by atoms with Crippen molar-refractivity contribution in [3.05, 3.63) is 107 Å². The zero-order valence-electron chi connectivity index (χ0n) is 17.8. The fourth-order valence-corrected chi connectivity index (χ4v) is 3.45. The van der Waals surface area contributed by atoms with Crippen LogP contribution < -0.4 is 4.90 Å². The molecule has 0 aliphatic rings. The van der Waals surface area contributed by atoms with E-state index in [1.54, 1.807) is 0 Å². The van der Waals surface area contributed by atoms with Gasteiger partial charge in [-0.15, -0.1) is 0 Å². The summed E-state index contributed by atoms with van der Waals surface area (Å²) in [6.07, 6.45) is 1.89. The van der Waals surface area contributed by atoms with Gasteiger partial charge in [-0.2, -0.15) is 0 Å². The SMILES string of the molecule is Cc1ccc(C(c2ccc(N=Cc3ccc(N(C)C)cc3)cc2)c2ccc(C)o2)o1. The molecule has 0 fully saturated rings. The average Bonchev–Trinajstić information content (AvgIpc) is 3.36. The number of nitrogens with zero attached hydrogens (tertiary/aromatic N) is 2. The Bertz CT molecular complexity index is 1090. The highest BCUT2D eigenvalue weighted by Gasteiger charge is 2.23. The molecule has 30 heavy (non-hydrogen) atoms. The van der Waals surface area contributed by atoms with E-state index in [4.69, 9.17) is 8.83 Å². The predicted octanol–water partition coefficient (Wildman–Crippen LogP) is 6.49. The van der Waals surface area contributed by atoms with Crippen LogP contribution in [0.2, 0.25) is 0 Å². The lowest BCUT2D eigenvalue weighted by Gasteiger charge is -2.13. The van der Waals surface area contributed by atoms with Gasteiger partial charge in [0.1, 0.15) is 29.0 Å².